The van der Waals surface area contributed by atoms with E-state index in [0.29, 0.717) is 0 Å². The van der Waals surface area contributed by atoms with E-state index in [2.05, 4.69) is 12.4 Å². The third kappa shape index (κ3) is 0.510. The van der Waals surface area contributed by atoms with E-state index >= 15 is 0 Å². The molecule has 2 aliphatic carbocycles. The maximum absolute atomic E-state index is 3.36. The van der Waals surface area contributed by atoms with Gasteiger partial charge in [-0.25, -0.2) is 0 Å². The molecular formula is C7H13N. The van der Waals surface area contributed by atoms with Crippen molar-refractivity contribution in [2.45, 2.75) is 25.3 Å². The molecule has 0 saturated heterocycles. The Bertz CT molecular complexity index is 101. The highest BCUT2D eigenvalue weighted by molar-refractivity contribution is 5.00. The molecule has 2 rings (SSSR count). The summed E-state index contributed by atoms with van der Waals surface area (Å²) in [6.07, 6.45) is 4.45. The molecule has 2 fully saturated rings. The first-order valence-corrected chi connectivity index (χ1v) is 3.59. The van der Waals surface area contributed by atoms with Crippen LogP contribution >= 0.6 is 0 Å². The molecule has 0 aromatic heterocycles. The molecule has 8 heavy (non-hydrogen) atoms. The lowest BCUT2D eigenvalue weighted by molar-refractivity contribution is 0.519. The fourth-order valence-electron chi connectivity index (χ4n) is 2.06. The molecule has 0 unspecified atom stereocenters. The predicted octanol–water partition coefficient (Wildman–Crippen LogP) is 1.00. The van der Waals surface area contributed by atoms with Crippen molar-refractivity contribution in [1.82, 2.24) is 5.32 Å². The summed E-state index contributed by atoms with van der Waals surface area (Å²) < 4.78 is 0. The van der Waals surface area contributed by atoms with Gasteiger partial charge in [0.2, 0.25) is 0 Å². The van der Waals surface area contributed by atoms with Crippen LogP contribution in [-0.2, 0) is 0 Å². The van der Waals surface area contributed by atoms with E-state index in [1.807, 2.05) is 0 Å². The summed E-state index contributed by atoms with van der Waals surface area (Å²) in [6.45, 7) is 0. The highest BCUT2D eigenvalue weighted by atomic mass is 14.9. The second-order valence-electron chi connectivity index (χ2n) is 3.13. The van der Waals surface area contributed by atoms with Crippen LogP contribution in [0.1, 0.15) is 19.3 Å². The van der Waals surface area contributed by atoms with Crippen LogP contribution < -0.4 is 5.32 Å². The van der Waals surface area contributed by atoms with Crippen molar-refractivity contribution in [3.05, 3.63) is 0 Å². The minimum atomic E-state index is 0.889. The lowest BCUT2D eigenvalue weighted by Crippen LogP contribution is -2.24. The molecule has 0 amide bonds. The molecule has 1 heteroatoms. The second-order valence-corrected chi connectivity index (χ2v) is 3.13. The molecular weight excluding hydrogens is 98.1 g/mol. The first-order valence-electron chi connectivity index (χ1n) is 3.59. The zero-order valence-electron chi connectivity index (χ0n) is 5.35. The van der Waals surface area contributed by atoms with Crippen molar-refractivity contribution in [2.24, 2.45) is 11.8 Å². The summed E-state index contributed by atoms with van der Waals surface area (Å²) in [5.74, 6) is 2.22. The van der Waals surface area contributed by atoms with Gasteiger partial charge < -0.3 is 5.32 Å². The van der Waals surface area contributed by atoms with Crippen molar-refractivity contribution >= 4 is 0 Å². The summed E-state index contributed by atoms with van der Waals surface area (Å²) in [4.78, 5) is 0. The largest absolute Gasteiger partial charge is 0.317 e. The smallest absolute Gasteiger partial charge is 0.00951 e. The quantitative estimate of drug-likeness (QED) is 0.532. The molecule has 0 aromatic rings. The average Bonchev–Trinajstić information content (AvgIpc) is 2.46. The van der Waals surface area contributed by atoms with Gasteiger partial charge in [-0.05, 0) is 38.1 Å². The minimum Gasteiger partial charge on any atom is -0.317 e. The molecule has 0 spiro atoms. The Morgan fingerprint density at radius 1 is 1.38 bits per heavy atom. The first-order chi connectivity index (χ1) is 3.92. The van der Waals surface area contributed by atoms with Crippen LogP contribution in [0.25, 0.3) is 0 Å². The predicted molar refractivity (Wildman–Crippen MR) is 33.7 cm³/mol. The summed E-state index contributed by atoms with van der Waals surface area (Å²) in [6, 6.07) is 0.889. The molecule has 3 atom stereocenters. The van der Waals surface area contributed by atoms with E-state index in [0.717, 1.165) is 17.9 Å². The maximum atomic E-state index is 3.36. The number of hydrogen-bond acceptors (Lipinski definition) is 1. The molecule has 0 radical (unpaired) electrons. The summed E-state index contributed by atoms with van der Waals surface area (Å²) in [5.41, 5.74) is 0. The summed E-state index contributed by atoms with van der Waals surface area (Å²) >= 11 is 0. The lowest BCUT2D eigenvalue weighted by Gasteiger charge is -2.07. The monoisotopic (exact) mass is 111 g/mol. The van der Waals surface area contributed by atoms with Gasteiger partial charge in [-0.15, -0.1) is 0 Å². The first kappa shape index (κ1) is 4.80. The minimum absolute atomic E-state index is 0.889. The van der Waals surface area contributed by atoms with Crippen molar-refractivity contribution in [2.75, 3.05) is 7.05 Å². The van der Waals surface area contributed by atoms with Gasteiger partial charge >= 0.3 is 0 Å². The van der Waals surface area contributed by atoms with Crippen molar-refractivity contribution < 1.29 is 0 Å². The molecule has 0 bridgehead atoms. The van der Waals surface area contributed by atoms with Gasteiger partial charge in [0.1, 0.15) is 0 Å². The fourth-order valence-corrected chi connectivity index (χ4v) is 2.06. The van der Waals surface area contributed by atoms with Gasteiger partial charge in [0.25, 0.3) is 0 Å². The SMILES string of the molecule is CN[C@@H]1CC[C@@H]2C[C@@H]21. The second kappa shape index (κ2) is 1.47. The summed E-state index contributed by atoms with van der Waals surface area (Å²) in [7, 11) is 2.09. The van der Waals surface area contributed by atoms with Gasteiger partial charge in [-0.2, -0.15) is 0 Å². The average molecular weight is 111 g/mol. The van der Waals surface area contributed by atoms with Crippen LogP contribution in [0.5, 0.6) is 0 Å². The number of hydrogen-bond donors (Lipinski definition) is 1. The Kier molecular flexibility index (Phi) is 0.884. The Morgan fingerprint density at radius 3 is 2.50 bits per heavy atom. The van der Waals surface area contributed by atoms with Crippen LogP contribution in [0.3, 0.4) is 0 Å². The van der Waals surface area contributed by atoms with E-state index in [1.165, 1.54) is 19.3 Å². The Balaban J connectivity index is 1.97. The van der Waals surface area contributed by atoms with E-state index in [9.17, 15) is 0 Å². The van der Waals surface area contributed by atoms with Gasteiger partial charge in [0, 0.05) is 6.04 Å². The van der Waals surface area contributed by atoms with E-state index < -0.39 is 0 Å². The number of nitrogens with one attached hydrogen (secondary N) is 1. The Morgan fingerprint density at radius 2 is 2.25 bits per heavy atom. The third-order valence-electron chi connectivity index (χ3n) is 2.71. The maximum Gasteiger partial charge on any atom is 0.00951 e. The number of rotatable bonds is 1. The fraction of sp³-hybridized carbons (Fsp3) is 1.00. The zero-order chi connectivity index (χ0) is 5.56. The van der Waals surface area contributed by atoms with E-state index in [4.69, 9.17) is 0 Å². The van der Waals surface area contributed by atoms with E-state index in [-0.39, 0.29) is 0 Å². The molecule has 46 valence electrons. The van der Waals surface area contributed by atoms with Gasteiger partial charge in [0.15, 0.2) is 0 Å². The topological polar surface area (TPSA) is 12.0 Å². The molecule has 2 saturated carbocycles. The highest BCUT2D eigenvalue weighted by Gasteiger charge is 2.47. The van der Waals surface area contributed by atoms with Crippen molar-refractivity contribution in [3.63, 3.8) is 0 Å². The standard InChI is InChI=1S/C7H13N/c1-8-7-3-2-5-4-6(5)7/h5-8H,2-4H2,1H3/t5-,6+,7-/m1/s1. The molecule has 0 heterocycles. The molecule has 2 aliphatic rings. The van der Waals surface area contributed by atoms with E-state index in [1.54, 1.807) is 0 Å². The normalized spacial score (nSPS) is 51.4. The Hall–Kier alpha value is -0.0400. The zero-order valence-corrected chi connectivity index (χ0v) is 5.35. The third-order valence-corrected chi connectivity index (χ3v) is 2.71. The lowest BCUT2D eigenvalue weighted by atomic mass is 10.2. The van der Waals surface area contributed by atoms with Gasteiger partial charge in [0.05, 0.1) is 0 Å². The molecule has 0 aliphatic heterocycles. The van der Waals surface area contributed by atoms with Crippen LogP contribution in [0.4, 0.5) is 0 Å². The Labute approximate surface area is 50.5 Å². The molecule has 1 nitrogen and oxygen atoms in total. The van der Waals surface area contributed by atoms with Crippen molar-refractivity contribution in [1.29, 1.82) is 0 Å². The van der Waals surface area contributed by atoms with Crippen LogP contribution in [-0.4, -0.2) is 13.1 Å². The number of fused-ring (bicyclic) bond motifs is 1. The van der Waals surface area contributed by atoms with Crippen LogP contribution in [0, 0.1) is 11.8 Å². The van der Waals surface area contributed by atoms with Gasteiger partial charge in [-0.3, -0.25) is 0 Å². The van der Waals surface area contributed by atoms with Crippen molar-refractivity contribution in [3.8, 4) is 0 Å². The molecule has 0 aromatic carbocycles. The van der Waals surface area contributed by atoms with Crippen LogP contribution in [0.2, 0.25) is 0 Å². The highest BCUT2D eigenvalue weighted by Crippen LogP contribution is 2.51. The van der Waals surface area contributed by atoms with Crippen LogP contribution in [0.15, 0.2) is 0 Å². The summed E-state index contributed by atoms with van der Waals surface area (Å²) in [5, 5.41) is 3.36. The van der Waals surface area contributed by atoms with Gasteiger partial charge in [-0.1, -0.05) is 0 Å². The molecule has 1 N–H and O–H groups in total.